The van der Waals surface area contributed by atoms with Crippen molar-refractivity contribution >= 4 is 11.6 Å². The van der Waals surface area contributed by atoms with E-state index in [2.05, 4.69) is 5.32 Å². The molecule has 0 aromatic heterocycles. The van der Waals surface area contributed by atoms with Gasteiger partial charge in [0.25, 0.3) is 0 Å². The maximum Gasteiger partial charge on any atom is 0.225 e. The molecule has 0 heterocycles. The number of carbonyl (C=O) groups is 1. The highest BCUT2D eigenvalue weighted by Gasteiger charge is 2.13. The predicted octanol–water partition coefficient (Wildman–Crippen LogP) is 1.36. The highest BCUT2D eigenvalue weighted by molar-refractivity contribution is 5.91. The van der Waals surface area contributed by atoms with Gasteiger partial charge in [-0.3, -0.25) is 9.69 Å². The van der Waals surface area contributed by atoms with Crippen LogP contribution < -0.4 is 10.2 Å². The van der Waals surface area contributed by atoms with Gasteiger partial charge in [0.2, 0.25) is 5.91 Å². The summed E-state index contributed by atoms with van der Waals surface area (Å²) in [6.07, 6.45) is 0. The Morgan fingerprint density at radius 3 is 2.64 bits per heavy atom. The Hall–Kier alpha value is -1.42. The molecule has 1 aromatic carbocycles. The van der Waals surface area contributed by atoms with Gasteiger partial charge >= 0.3 is 0 Å². The fourth-order valence-electron chi connectivity index (χ4n) is 1.19. The van der Waals surface area contributed by atoms with Gasteiger partial charge in [-0.15, -0.1) is 0 Å². The van der Waals surface area contributed by atoms with Crippen molar-refractivity contribution in [2.24, 2.45) is 0 Å². The Kier molecular flexibility index (Phi) is 3.59. The molecule has 0 aliphatic rings. The van der Waals surface area contributed by atoms with E-state index in [1.54, 1.807) is 25.2 Å². The van der Waals surface area contributed by atoms with Crippen LogP contribution in [0.3, 0.4) is 0 Å². The summed E-state index contributed by atoms with van der Waals surface area (Å²) in [4.78, 5) is 12.5. The van der Waals surface area contributed by atoms with E-state index in [4.69, 9.17) is 0 Å². The van der Waals surface area contributed by atoms with Crippen LogP contribution in [0.1, 0.15) is 6.92 Å². The van der Waals surface area contributed by atoms with Gasteiger partial charge in [0.15, 0.2) is 0 Å². The lowest BCUT2D eigenvalue weighted by Gasteiger charge is -2.20. The third-order valence-corrected chi connectivity index (χ3v) is 1.84. The van der Waals surface area contributed by atoms with Gasteiger partial charge in [0.1, 0.15) is 5.82 Å². The maximum absolute atomic E-state index is 13.3. The van der Waals surface area contributed by atoms with E-state index in [-0.39, 0.29) is 5.91 Å². The Balaban J connectivity index is 2.99. The molecule has 1 rings (SSSR count). The summed E-state index contributed by atoms with van der Waals surface area (Å²) < 4.78 is 13.3. The highest BCUT2D eigenvalue weighted by atomic mass is 19.1. The molecule has 0 fully saturated rings. The molecule has 0 unspecified atom stereocenters. The van der Waals surface area contributed by atoms with Crippen molar-refractivity contribution in [2.45, 2.75) is 6.92 Å². The standard InChI is InChI=1S/C10H13FN2O/c1-8(14)13(7-12-2)10-6-4-3-5-9(10)11/h3-6,12H,7H2,1-2H3. The lowest BCUT2D eigenvalue weighted by atomic mass is 10.3. The van der Waals surface area contributed by atoms with Gasteiger partial charge in [0.05, 0.1) is 12.4 Å². The first-order valence-electron chi connectivity index (χ1n) is 4.34. The van der Waals surface area contributed by atoms with E-state index < -0.39 is 5.82 Å². The third kappa shape index (κ3) is 2.29. The number of hydrogen-bond acceptors (Lipinski definition) is 2. The highest BCUT2D eigenvalue weighted by Crippen LogP contribution is 2.17. The van der Waals surface area contributed by atoms with Crippen LogP contribution in [0.25, 0.3) is 0 Å². The monoisotopic (exact) mass is 196 g/mol. The van der Waals surface area contributed by atoms with E-state index in [0.29, 0.717) is 12.4 Å². The van der Waals surface area contributed by atoms with Crippen molar-refractivity contribution in [1.82, 2.24) is 5.32 Å². The molecule has 0 radical (unpaired) electrons. The van der Waals surface area contributed by atoms with Crippen molar-refractivity contribution in [3.8, 4) is 0 Å². The molecule has 76 valence electrons. The van der Waals surface area contributed by atoms with Gasteiger partial charge < -0.3 is 5.32 Å². The number of hydrogen-bond donors (Lipinski definition) is 1. The normalized spacial score (nSPS) is 9.93. The van der Waals surface area contributed by atoms with Gasteiger partial charge in [0, 0.05) is 6.92 Å². The van der Waals surface area contributed by atoms with Gasteiger partial charge in [-0.1, -0.05) is 12.1 Å². The molecule has 4 heteroatoms. The number of rotatable bonds is 3. The molecule has 1 amide bonds. The van der Waals surface area contributed by atoms with Gasteiger partial charge in [-0.05, 0) is 19.2 Å². The summed E-state index contributed by atoms with van der Waals surface area (Å²) >= 11 is 0. The molecule has 1 aromatic rings. The molecule has 0 atom stereocenters. The number of para-hydroxylation sites is 1. The van der Waals surface area contributed by atoms with E-state index >= 15 is 0 Å². The average Bonchev–Trinajstić information content (AvgIpc) is 2.15. The first-order chi connectivity index (χ1) is 6.66. The average molecular weight is 196 g/mol. The summed E-state index contributed by atoms with van der Waals surface area (Å²) in [5.41, 5.74) is 0.300. The van der Waals surface area contributed by atoms with Crippen LogP contribution >= 0.6 is 0 Å². The zero-order chi connectivity index (χ0) is 10.6. The number of nitrogens with zero attached hydrogens (tertiary/aromatic N) is 1. The first kappa shape index (κ1) is 10.7. The summed E-state index contributed by atoms with van der Waals surface area (Å²) in [5.74, 6) is -0.581. The van der Waals surface area contributed by atoms with E-state index in [1.165, 1.54) is 17.9 Å². The number of carbonyl (C=O) groups excluding carboxylic acids is 1. The molecular weight excluding hydrogens is 183 g/mol. The summed E-state index contributed by atoms with van der Waals surface area (Å²) in [5, 5.41) is 2.81. The largest absolute Gasteiger partial charge is 0.303 e. The Bertz CT molecular complexity index is 328. The molecule has 0 bridgehead atoms. The van der Waals surface area contributed by atoms with Crippen LogP contribution in [0.5, 0.6) is 0 Å². The van der Waals surface area contributed by atoms with Crippen LogP contribution in [0.4, 0.5) is 10.1 Å². The molecule has 3 nitrogen and oxygen atoms in total. The summed E-state index contributed by atoms with van der Waals surface area (Å²) in [7, 11) is 1.71. The molecule has 0 aliphatic heterocycles. The molecule has 0 spiro atoms. The van der Waals surface area contributed by atoms with Crippen molar-refractivity contribution in [1.29, 1.82) is 0 Å². The fraction of sp³-hybridized carbons (Fsp3) is 0.300. The second-order valence-corrected chi connectivity index (χ2v) is 2.91. The second kappa shape index (κ2) is 4.72. The molecule has 1 N–H and O–H groups in total. The zero-order valence-electron chi connectivity index (χ0n) is 8.25. The molecular formula is C10H13FN2O. The van der Waals surface area contributed by atoms with Crippen molar-refractivity contribution in [3.05, 3.63) is 30.1 Å². The molecule has 14 heavy (non-hydrogen) atoms. The van der Waals surface area contributed by atoms with E-state index in [9.17, 15) is 9.18 Å². The zero-order valence-corrected chi connectivity index (χ0v) is 8.25. The number of amides is 1. The van der Waals surface area contributed by atoms with Crippen LogP contribution in [0.15, 0.2) is 24.3 Å². The van der Waals surface area contributed by atoms with Gasteiger partial charge in [-0.25, -0.2) is 4.39 Å². The Morgan fingerprint density at radius 1 is 1.50 bits per heavy atom. The minimum atomic E-state index is -0.391. The quantitative estimate of drug-likeness (QED) is 0.740. The van der Waals surface area contributed by atoms with Crippen LogP contribution in [0, 0.1) is 5.82 Å². The second-order valence-electron chi connectivity index (χ2n) is 2.91. The molecule has 0 saturated heterocycles. The fourth-order valence-corrected chi connectivity index (χ4v) is 1.19. The maximum atomic E-state index is 13.3. The minimum Gasteiger partial charge on any atom is -0.303 e. The minimum absolute atomic E-state index is 0.190. The van der Waals surface area contributed by atoms with Gasteiger partial charge in [-0.2, -0.15) is 0 Å². The lowest BCUT2D eigenvalue weighted by Crippen LogP contribution is -2.36. The summed E-state index contributed by atoms with van der Waals surface area (Å²) in [6.45, 7) is 1.71. The lowest BCUT2D eigenvalue weighted by molar-refractivity contribution is -0.116. The van der Waals surface area contributed by atoms with Crippen LogP contribution in [0.2, 0.25) is 0 Å². The van der Waals surface area contributed by atoms with Crippen LogP contribution in [-0.2, 0) is 4.79 Å². The predicted molar refractivity (Wildman–Crippen MR) is 53.5 cm³/mol. The number of anilines is 1. The summed E-state index contributed by atoms with van der Waals surface area (Å²) in [6, 6.07) is 6.20. The Labute approximate surface area is 82.5 Å². The number of benzene rings is 1. The number of nitrogens with one attached hydrogen (secondary N) is 1. The number of halogens is 1. The molecule has 0 saturated carbocycles. The first-order valence-corrected chi connectivity index (χ1v) is 4.34. The van der Waals surface area contributed by atoms with Crippen molar-refractivity contribution < 1.29 is 9.18 Å². The smallest absolute Gasteiger partial charge is 0.225 e. The van der Waals surface area contributed by atoms with Crippen molar-refractivity contribution in [2.75, 3.05) is 18.6 Å². The third-order valence-electron chi connectivity index (χ3n) is 1.84. The van der Waals surface area contributed by atoms with Crippen molar-refractivity contribution in [3.63, 3.8) is 0 Å². The van der Waals surface area contributed by atoms with Crippen LogP contribution in [-0.4, -0.2) is 19.6 Å². The topological polar surface area (TPSA) is 32.3 Å². The van der Waals surface area contributed by atoms with E-state index in [0.717, 1.165) is 0 Å². The molecule has 0 aliphatic carbocycles. The SMILES string of the molecule is CNCN(C(C)=O)c1ccccc1F. The van der Waals surface area contributed by atoms with E-state index in [1.807, 2.05) is 0 Å². The Morgan fingerprint density at radius 2 is 2.14 bits per heavy atom.